The minimum absolute atomic E-state index is 0.0374. The molecule has 1 aromatic heterocycles. The average molecular weight is 508 g/mol. The Kier molecular flexibility index (Phi) is 6.01. The van der Waals surface area contributed by atoms with Crippen molar-refractivity contribution in [3.05, 3.63) is 105 Å². The summed E-state index contributed by atoms with van der Waals surface area (Å²) in [7, 11) is 1.39. The fourth-order valence-corrected chi connectivity index (χ4v) is 5.09. The van der Waals surface area contributed by atoms with E-state index in [0.717, 1.165) is 10.8 Å². The molecule has 2 heterocycles. The van der Waals surface area contributed by atoms with Crippen LogP contribution in [-0.2, 0) is 16.1 Å². The number of carbonyl (C=O) groups excluding carboxylic acids is 2. The van der Waals surface area contributed by atoms with Crippen molar-refractivity contribution >= 4 is 51.4 Å². The van der Waals surface area contributed by atoms with E-state index in [0.29, 0.717) is 11.3 Å². The van der Waals surface area contributed by atoms with Crippen LogP contribution >= 0.6 is 23.2 Å². The zero-order chi connectivity index (χ0) is 24.7. The summed E-state index contributed by atoms with van der Waals surface area (Å²) >= 11 is 12.5. The van der Waals surface area contributed by atoms with Crippen molar-refractivity contribution in [3.63, 3.8) is 0 Å². The highest BCUT2D eigenvalue weighted by Crippen LogP contribution is 2.45. The summed E-state index contributed by atoms with van der Waals surface area (Å²) in [6, 6.07) is 18.7. The van der Waals surface area contributed by atoms with Gasteiger partial charge in [-0.15, -0.1) is 0 Å². The second-order valence-electron chi connectivity index (χ2n) is 8.04. The molecule has 0 radical (unpaired) electrons. The van der Waals surface area contributed by atoms with E-state index in [1.807, 2.05) is 42.5 Å². The van der Waals surface area contributed by atoms with Gasteiger partial charge in [-0.05, 0) is 40.6 Å². The van der Waals surface area contributed by atoms with Crippen LogP contribution in [0.3, 0.4) is 0 Å². The van der Waals surface area contributed by atoms with Gasteiger partial charge in [0.05, 0.1) is 42.1 Å². The van der Waals surface area contributed by atoms with Crippen molar-refractivity contribution in [1.29, 1.82) is 0 Å². The fraction of sp³-hybridized carbons (Fsp3) is 0.111. The van der Waals surface area contributed by atoms with E-state index >= 15 is 0 Å². The molecule has 1 aliphatic heterocycles. The number of Topliss-reactive ketones (excluding diaryl/α,β-unsaturated/α-hetero) is 1. The Bertz CT molecular complexity index is 1490. The summed E-state index contributed by atoms with van der Waals surface area (Å²) < 4.78 is 10.8. The number of carbonyl (C=O) groups is 2. The zero-order valence-corrected chi connectivity index (χ0v) is 20.0. The molecule has 3 aromatic carbocycles. The van der Waals surface area contributed by atoms with Gasteiger partial charge in [0.1, 0.15) is 17.3 Å². The predicted molar refractivity (Wildman–Crippen MR) is 134 cm³/mol. The largest absolute Gasteiger partial charge is 0.507 e. The minimum Gasteiger partial charge on any atom is -0.507 e. The van der Waals surface area contributed by atoms with Gasteiger partial charge >= 0.3 is 0 Å². The van der Waals surface area contributed by atoms with Gasteiger partial charge in [-0.3, -0.25) is 9.59 Å². The van der Waals surface area contributed by atoms with E-state index in [-0.39, 0.29) is 33.5 Å². The van der Waals surface area contributed by atoms with E-state index in [4.69, 9.17) is 32.4 Å². The summed E-state index contributed by atoms with van der Waals surface area (Å²) in [6.45, 7) is 0.0374. The number of aliphatic hydroxyl groups excluding tert-OH is 1. The van der Waals surface area contributed by atoms with Crippen LogP contribution in [-0.4, -0.2) is 28.8 Å². The molecular formula is C27H19Cl2NO5. The molecule has 1 saturated heterocycles. The maximum absolute atomic E-state index is 13.4. The zero-order valence-electron chi connectivity index (χ0n) is 18.5. The van der Waals surface area contributed by atoms with Gasteiger partial charge in [-0.2, -0.15) is 0 Å². The van der Waals surface area contributed by atoms with Crippen LogP contribution in [0.5, 0.6) is 5.75 Å². The Morgan fingerprint density at radius 2 is 1.83 bits per heavy atom. The number of nitrogens with zero attached hydrogens (tertiary/aromatic N) is 1. The number of hydrogen-bond acceptors (Lipinski definition) is 5. The van der Waals surface area contributed by atoms with Gasteiger partial charge in [0, 0.05) is 5.02 Å². The van der Waals surface area contributed by atoms with Crippen LogP contribution in [0.25, 0.3) is 16.5 Å². The highest BCUT2D eigenvalue weighted by molar-refractivity contribution is 6.47. The first kappa shape index (κ1) is 23.0. The Morgan fingerprint density at radius 1 is 1.06 bits per heavy atom. The van der Waals surface area contributed by atoms with Gasteiger partial charge in [-0.1, -0.05) is 65.7 Å². The van der Waals surface area contributed by atoms with Crippen molar-refractivity contribution in [2.75, 3.05) is 7.11 Å². The Balaban J connectivity index is 1.79. The first-order valence-electron chi connectivity index (χ1n) is 10.7. The molecule has 5 rings (SSSR count). The normalized spacial score (nSPS) is 17.3. The Hall–Kier alpha value is -3.74. The number of likely N-dealkylation sites (tertiary alicyclic amines) is 1. The minimum atomic E-state index is -0.895. The molecular weight excluding hydrogens is 489 g/mol. The van der Waals surface area contributed by atoms with Crippen LogP contribution in [0.1, 0.15) is 22.9 Å². The molecule has 1 atom stereocenters. The first-order chi connectivity index (χ1) is 16.9. The molecule has 4 aromatic rings. The number of benzene rings is 3. The maximum Gasteiger partial charge on any atom is 0.296 e. The SMILES string of the molecule is COc1c(Cl)cc(Cl)cc1/C(O)=C1\C(=O)C(=O)N(Cc2ccco2)C1c1cccc2ccccc12. The molecule has 0 aliphatic carbocycles. The van der Waals surface area contributed by atoms with Crippen LogP contribution < -0.4 is 4.74 Å². The third-order valence-electron chi connectivity index (χ3n) is 6.03. The molecule has 0 saturated carbocycles. The van der Waals surface area contributed by atoms with Crippen molar-refractivity contribution in [2.45, 2.75) is 12.6 Å². The van der Waals surface area contributed by atoms with Crippen LogP contribution in [0.4, 0.5) is 0 Å². The van der Waals surface area contributed by atoms with E-state index in [9.17, 15) is 14.7 Å². The number of fused-ring (bicyclic) bond motifs is 1. The lowest BCUT2D eigenvalue weighted by molar-refractivity contribution is -0.140. The summed E-state index contributed by atoms with van der Waals surface area (Å²) in [6.07, 6.45) is 1.50. The number of aliphatic hydroxyl groups is 1. The Labute approximate surface area is 210 Å². The number of furan rings is 1. The highest BCUT2D eigenvalue weighted by atomic mass is 35.5. The van der Waals surface area contributed by atoms with Crippen LogP contribution in [0.15, 0.2) is 83.0 Å². The molecule has 1 fully saturated rings. The van der Waals surface area contributed by atoms with E-state index in [2.05, 4.69) is 0 Å². The molecule has 0 spiro atoms. The van der Waals surface area contributed by atoms with Gasteiger partial charge in [0.15, 0.2) is 0 Å². The summed E-state index contributed by atoms with van der Waals surface area (Å²) in [5.74, 6) is -1.37. The van der Waals surface area contributed by atoms with Gasteiger partial charge in [0.25, 0.3) is 11.7 Å². The first-order valence-corrected chi connectivity index (χ1v) is 11.5. The molecule has 1 aliphatic rings. The number of ether oxygens (including phenoxy) is 1. The Morgan fingerprint density at radius 3 is 2.57 bits per heavy atom. The van der Waals surface area contributed by atoms with Gasteiger partial charge < -0.3 is 19.2 Å². The third-order valence-corrected chi connectivity index (χ3v) is 6.53. The van der Waals surface area contributed by atoms with E-state index in [1.165, 1.54) is 30.4 Å². The third kappa shape index (κ3) is 3.95. The lowest BCUT2D eigenvalue weighted by atomic mass is 9.91. The summed E-state index contributed by atoms with van der Waals surface area (Å²) in [4.78, 5) is 28.1. The number of hydrogen-bond donors (Lipinski definition) is 1. The number of rotatable bonds is 5. The highest BCUT2D eigenvalue weighted by Gasteiger charge is 2.47. The number of amides is 1. The number of ketones is 1. The molecule has 1 amide bonds. The average Bonchev–Trinajstić information content (AvgIpc) is 3.45. The second-order valence-corrected chi connectivity index (χ2v) is 8.89. The lowest BCUT2D eigenvalue weighted by Crippen LogP contribution is -2.29. The summed E-state index contributed by atoms with van der Waals surface area (Å²) in [5.41, 5.74) is 0.711. The van der Waals surface area contributed by atoms with Crippen molar-refractivity contribution < 1.29 is 23.8 Å². The van der Waals surface area contributed by atoms with Crippen LogP contribution in [0.2, 0.25) is 10.0 Å². The number of halogens is 2. The maximum atomic E-state index is 13.4. The van der Waals surface area contributed by atoms with Crippen molar-refractivity contribution in [3.8, 4) is 5.75 Å². The van der Waals surface area contributed by atoms with E-state index in [1.54, 1.807) is 12.1 Å². The monoisotopic (exact) mass is 507 g/mol. The molecule has 6 nitrogen and oxygen atoms in total. The summed E-state index contributed by atoms with van der Waals surface area (Å²) in [5, 5.41) is 13.6. The van der Waals surface area contributed by atoms with Gasteiger partial charge in [-0.25, -0.2) is 0 Å². The smallest absolute Gasteiger partial charge is 0.296 e. The molecule has 35 heavy (non-hydrogen) atoms. The lowest BCUT2D eigenvalue weighted by Gasteiger charge is -2.26. The predicted octanol–water partition coefficient (Wildman–Crippen LogP) is 6.37. The standard InChI is InChI=1S/C27H19Cl2NO5/c1-34-26-20(12-16(28)13-21(26)29)24(31)22-23(19-10-4-7-15-6-2-3-9-18(15)19)30(27(33)25(22)32)14-17-8-5-11-35-17/h2-13,23,31H,14H2,1H3/b24-22+. The molecule has 8 heteroatoms. The van der Waals surface area contributed by atoms with Crippen LogP contribution in [0, 0.1) is 0 Å². The quantitative estimate of drug-likeness (QED) is 0.193. The topological polar surface area (TPSA) is 80.0 Å². The second kappa shape index (κ2) is 9.13. The van der Waals surface area contributed by atoms with E-state index < -0.39 is 23.5 Å². The molecule has 1 N–H and O–H groups in total. The fourth-order valence-electron chi connectivity index (χ4n) is 4.51. The molecule has 176 valence electrons. The van der Waals surface area contributed by atoms with Gasteiger partial charge in [0.2, 0.25) is 0 Å². The molecule has 0 bridgehead atoms. The van der Waals surface area contributed by atoms with Crippen molar-refractivity contribution in [2.24, 2.45) is 0 Å². The van der Waals surface area contributed by atoms with Crippen molar-refractivity contribution in [1.82, 2.24) is 4.90 Å². The number of methoxy groups -OCH3 is 1. The molecule has 1 unspecified atom stereocenters.